The number of imidazole rings is 1. The van der Waals surface area contributed by atoms with Crippen LogP contribution >= 0.6 is 0 Å². The van der Waals surface area contributed by atoms with Crippen LogP contribution in [0.15, 0.2) is 126 Å². The van der Waals surface area contributed by atoms with Gasteiger partial charge >= 0.3 is 0 Å². The maximum Gasteiger partial charge on any atom is 0.120 e. The van der Waals surface area contributed by atoms with E-state index in [1.807, 2.05) is 24.3 Å². The van der Waals surface area contributed by atoms with E-state index in [1.54, 1.807) is 26.1 Å². The number of fused-ring (bicyclic) bond motifs is 6. The molecule has 3 aromatic heterocycles. The van der Waals surface area contributed by atoms with Crippen LogP contribution in [0.3, 0.4) is 0 Å². The van der Waals surface area contributed by atoms with Gasteiger partial charge in [-0.25, -0.2) is 0 Å². The Morgan fingerprint density at radius 2 is 1.56 bits per heavy atom. The predicted octanol–water partition coefficient (Wildman–Crippen LogP) is 12.5. The zero-order chi connectivity index (χ0) is 41.1. The average Bonchev–Trinajstić information content (AvgIpc) is 3.78. The van der Waals surface area contributed by atoms with E-state index in [-0.39, 0.29) is 31.2 Å². The fraction of sp³-hybridized carbons (Fsp3) is 0.167. The Labute approximate surface area is 342 Å². The van der Waals surface area contributed by atoms with Gasteiger partial charge in [-0.3, -0.25) is 9.37 Å². The second kappa shape index (κ2) is 15.1. The topological polar surface area (TPSA) is 43.9 Å². The van der Waals surface area contributed by atoms with Gasteiger partial charge in [-0.15, -0.1) is 41.5 Å². The normalized spacial score (nSPS) is 13.1. The molecular formula is C48H42FIrN3OSi-2. The number of hydrogen-bond donors (Lipinski definition) is 0. The number of benzene rings is 6. The molecule has 7 heteroatoms. The summed E-state index contributed by atoms with van der Waals surface area (Å²) in [4.78, 5) is 9.51. The van der Waals surface area contributed by atoms with Crippen LogP contribution in [0.5, 0.6) is 0 Å². The van der Waals surface area contributed by atoms with Crippen molar-refractivity contribution >= 4 is 57.0 Å². The van der Waals surface area contributed by atoms with E-state index in [4.69, 9.17) is 14.9 Å². The first-order valence-electron chi connectivity index (χ1n) is 20.0. The van der Waals surface area contributed by atoms with Gasteiger partial charge in [0.1, 0.15) is 5.58 Å². The third kappa shape index (κ3) is 7.09. The smallest absolute Gasteiger partial charge is 0.120 e. The van der Waals surface area contributed by atoms with Crippen LogP contribution in [0.1, 0.15) is 41.9 Å². The molecule has 9 aromatic rings. The van der Waals surface area contributed by atoms with Gasteiger partial charge in [0.25, 0.3) is 0 Å². The van der Waals surface area contributed by atoms with Crippen molar-refractivity contribution in [1.82, 2.24) is 14.5 Å². The van der Waals surface area contributed by atoms with E-state index in [1.165, 1.54) is 16.8 Å². The molecule has 0 aliphatic heterocycles. The average molecular weight is 920 g/mol. The van der Waals surface area contributed by atoms with Crippen LogP contribution in [-0.2, 0) is 20.1 Å². The third-order valence-corrected chi connectivity index (χ3v) is 11.8. The first kappa shape index (κ1) is 33.2. The number of nitrogens with zero attached hydrogens (tertiary/aromatic N) is 3. The first-order valence-corrected chi connectivity index (χ1v) is 21.5. The van der Waals surface area contributed by atoms with E-state index in [0.29, 0.717) is 5.69 Å². The van der Waals surface area contributed by atoms with Crippen LogP contribution in [0.4, 0.5) is 4.39 Å². The number of para-hydroxylation sites is 2. The van der Waals surface area contributed by atoms with Crippen molar-refractivity contribution < 1.29 is 34.4 Å². The van der Waals surface area contributed by atoms with E-state index in [9.17, 15) is 4.39 Å². The predicted molar refractivity (Wildman–Crippen MR) is 225 cm³/mol. The van der Waals surface area contributed by atoms with Crippen LogP contribution in [0.2, 0.25) is 19.6 Å². The van der Waals surface area contributed by atoms with Gasteiger partial charge in [-0.2, -0.15) is 0 Å². The van der Waals surface area contributed by atoms with Crippen LogP contribution in [0, 0.1) is 31.7 Å². The minimum Gasteiger partial charge on any atom is -0.501 e. The molecule has 0 N–H and O–H groups in total. The zero-order valence-electron chi connectivity index (χ0n) is 35.5. The summed E-state index contributed by atoms with van der Waals surface area (Å²) in [6, 6.07) is 43.6. The third-order valence-electron chi connectivity index (χ3n) is 9.83. The number of pyridine rings is 1. The fourth-order valence-corrected chi connectivity index (χ4v) is 8.78. The first-order chi connectivity index (χ1) is 27.5. The molecule has 0 saturated heterocycles. The van der Waals surface area contributed by atoms with Gasteiger partial charge in [0.2, 0.25) is 0 Å². The van der Waals surface area contributed by atoms with E-state index >= 15 is 0 Å². The summed E-state index contributed by atoms with van der Waals surface area (Å²) in [6.45, 7) is 9.86. The molecule has 0 atom stereocenters. The number of hydrogen-bond acceptors (Lipinski definition) is 3. The summed E-state index contributed by atoms with van der Waals surface area (Å²) >= 11 is 0. The Hall–Kier alpha value is -5.20. The molecule has 0 fully saturated rings. The van der Waals surface area contributed by atoms with Crippen molar-refractivity contribution in [1.29, 1.82) is 0 Å². The molecule has 6 aromatic carbocycles. The van der Waals surface area contributed by atoms with Crippen molar-refractivity contribution in [2.75, 3.05) is 0 Å². The van der Waals surface area contributed by atoms with Crippen LogP contribution in [0.25, 0.3) is 72.1 Å². The Balaban J connectivity index is 0.000000184. The number of halogens is 1. The summed E-state index contributed by atoms with van der Waals surface area (Å²) in [5.74, 6) is -0.685. The quantitative estimate of drug-likeness (QED) is 0.128. The molecule has 55 heavy (non-hydrogen) atoms. The van der Waals surface area contributed by atoms with Gasteiger partial charge in [-0.1, -0.05) is 142 Å². The monoisotopic (exact) mass is 920 g/mol. The molecule has 1 radical (unpaired) electrons. The molecule has 0 saturated carbocycles. The Morgan fingerprint density at radius 3 is 2.29 bits per heavy atom. The molecular weight excluding hydrogens is 874 g/mol. The molecule has 3 heterocycles. The summed E-state index contributed by atoms with van der Waals surface area (Å²) in [7, 11) is -1.72. The number of furan rings is 1. The second-order valence-electron chi connectivity index (χ2n) is 14.9. The number of aryl methyl sites for hydroxylation is 2. The molecule has 0 aliphatic carbocycles. The van der Waals surface area contributed by atoms with Gasteiger partial charge in [0.15, 0.2) is 0 Å². The van der Waals surface area contributed by atoms with Crippen molar-refractivity contribution in [3.05, 3.63) is 156 Å². The molecule has 4 nitrogen and oxygen atoms in total. The van der Waals surface area contributed by atoms with Crippen LogP contribution in [-0.4, -0.2) is 22.6 Å². The van der Waals surface area contributed by atoms with E-state index < -0.39 is 26.6 Å². The van der Waals surface area contributed by atoms with Gasteiger partial charge in [0, 0.05) is 54.1 Å². The number of rotatable bonds is 5. The van der Waals surface area contributed by atoms with Gasteiger partial charge in [0.05, 0.1) is 30.5 Å². The van der Waals surface area contributed by atoms with Crippen molar-refractivity contribution in [3.8, 4) is 28.3 Å². The van der Waals surface area contributed by atoms with Crippen molar-refractivity contribution in [3.63, 3.8) is 0 Å². The standard InChI is InChI=1S/C30H19N2O.C18H23FNSi.Ir/c1-19-15-17-24(29-27(19)23-13-7-8-14-26(23)33-29)30-31-25-18-16-20-9-5-6-12-22(20)28(25)32(30)21-10-3-2-4-11-21;1-12(2)15-10-17(20-11-18(15)21(4,5)6)14-8-7-13(3)9-16(14)19;/h2-16,18H,1H3;7,9-12H,1-6H3;/q2*-1;/i;3D3,12D;. The second-order valence-corrected chi connectivity index (χ2v) is 19.9. The SMILES string of the molecule is Cc1c[c-]c(-c2nc3ccc4ccccc4c3n2-c2ccccc2)c2oc3ccccc3c12.[2H]C([2H])([2H])c1c[c-]c(-c2cc(C([2H])(C)C)c([Si](C)(C)C)cn2)c(F)c1.[Ir]. The number of aromatic nitrogens is 3. The van der Waals surface area contributed by atoms with Crippen molar-refractivity contribution in [2.45, 2.75) is 53.2 Å². The van der Waals surface area contributed by atoms with E-state index in [2.05, 4.69) is 121 Å². The Bertz CT molecular complexity index is 3000. The largest absolute Gasteiger partial charge is 0.501 e. The summed E-state index contributed by atoms with van der Waals surface area (Å²) < 4.78 is 53.7. The summed E-state index contributed by atoms with van der Waals surface area (Å²) in [6.07, 6.45) is 1.73. The minimum absolute atomic E-state index is 0. The minimum atomic E-state index is -2.38. The maximum atomic E-state index is 14.5. The molecule has 0 unspecified atom stereocenters. The molecule has 277 valence electrons. The van der Waals surface area contributed by atoms with E-state index in [0.717, 1.165) is 72.4 Å². The summed E-state index contributed by atoms with van der Waals surface area (Å²) in [5.41, 5.74) is 8.05. The zero-order valence-corrected chi connectivity index (χ0v) is 34.9. The van der Waals surface area contributed by atoms with Crippen molar-refractivity contribution in [2.24, 2.45) is 0 Å². The fourth-order valence-electron chi connectivity index (χ4n) is 7.20. The Kier molecular flexibility index (Phi) is 9.13. The molecule has 0 aliphatic rings. The van der Waals surface area contributed by atoms with Gasteiger partial charge < -0.3 is 14.0 Å². The summed E-state index contributed by atoms with van der Waals surface area (Å²) in [5, 5.41) is 5.67. The molecule has 0 spiro atoms. The maximum absolute atomic E-state index is 14.5. The van der Waals surface area contributed by atoms with Gasteiger partial charge in [-0.05, 0) is 46.4 Å². The van der Waals surface area contributed by atoms with Crippen LogP contribution < -0.4 is 5.19 Å². The molecule has 0 amide bonds. The molecule has 0 bridgehead atoms. The molecule has 9 rings (SSSR count). The Morgan fingerprint density at radius 1 is 0.855 bits per heavy atom.